The topological polar surface area (TPSA) is 44.8 Å². The third kappa shape index (κ3) is 6.22. The van der Waals surface area contributed by atoms with Crippen molar-refractivity contribution in [3.05, 3.63) is 66.2 Å². The lowest BCUT2D eigenvalue weighted by Gasteiger charge is -2.08. The molecule has 0 amide bonds. The van der Waals surface area contributed by atoms with Crippen molar-refractivity contribution in [2.45, 2.75) is 6.92 Å². The van der Waals surface area contributed by atoms with Gasteiger partial charge in [0.2, 0.25) is 0 Å². The zero-order chi connectivity index (χ0) is 17.2. The minimum Gasteiger partial charge on any atom is -0.489 e. The van der Waals surface area contributed by atoms with Gasteiger partial charge in [0.25, 0.3) is 0 Å². The van der Waals surface area contributed by atoms with Crippen molar-refractivity contribution in [2.75, 3.05) is 13.2 Å². The van der Waals surface area contributed by atoms with Gasteiger partial charge >= 0.3 is 5.97 Å². The average molecular weight is 342 g/mol. The number of thiocarbonyl (C=S) groups is 1. The van der Waals surface area contributed by atoms with Crippen LogP contribution in [0.3, 0.4) is 0 Å². The van der Waals surface area contributed by atoms with Gasteiger partial charge in [-0.3, -0.25) is 0 Å². The van der Waals surface area contributed by atoms with Crippen LogP contribution in [0, 0.1) is 0 Å². The van der Waals surface area contributed by atoms with Gasteiger partial charge in [0.1, 0.15) is 30.5 Å². The van der Waals surface area contributed by atoms with Gasteiger partial charge in [-0.15, -0.1) is 0 Å². The lowest BCUT2D eigenvalue weighted by atomic mass is 10.3. The van der Waals surface area contributed by atoms with Gasteiger partial charge in [-0.1, -0.05) is 30.4 Å². The van der Waals surface area contributed by atoms with E-state index in [0.717, 1.165) is 17.1 Å². The van der Waals surface area contributed by atoms with Crippen LogP contribution in [0.2, 0.25) is 0 Å². The first-order valence-electron chi connectivity index (χ1n) is 7.40. The van der Waals surface area contributed by atoms with E-state index in [9.17, 15) is 4.79 Å². The highest BCUT2D eigenvalue weighted by atomic mass is 32.1. The molecular weight excluding hydrogens is 324 g/mol. The Bertz CT molecular complexity index is 693. The summed E-state index contributed by atoms with van der Waals surface area (Å²) >= 11 is 4.59. The number of carbonyl (C=O) groups excluding carboxylic acids is 1. The monoisotopic (exact) mass is 342 g/mol. The van der Waals surface area contributed by atoms with Gasteiger partial charge < -0.3 is 14.2 Å². The van der Waals surface area contributed by atoms with Crippen molar-refractivity contribution in [3.63, 3.8) is 0 Å². The summed E-state index contributed by atoms with van der Waals surface area (Å²) in [5.41, 5.74) is 0.758. The maximum atomic E-state index is 11.4. The Morgan fingerprint density at radius 1 is 1.00 bits per heavy atom. The summed E-state index contributed by atoms with van der Waals surface area (Å²) in [4.78, 5) is 11.4. The lowest BCUT2D eigenvalue weighted by molar-refractivity contribution is -0.136. The van der Waals surface area contributed by atoms with E-state index >= 15 is 0 Å². The molecule has 0 unspecified atom stereocenters. The van der Waals surface area contributed by atoms with E-state index < -0.39 is 5.97 Å². The van der Waals surface area contributed by atoms with Crippen LogP contribution < -0.4 is 9.47 Å². The fourth-order valence-electron chi connectivity index (χ4n) is 1.83. The third-order valence-electron chi connectivity index (χ3n) is 2.93. The van der Waals surface area contributed by atoms with E-state index in [1.54, 1.807) is 6.92 Å². The van der Waals surface area contributed by atoms with E-state index in [-0.39, 0.29) is 6.61 Å². The second kappa shape index (κ2) is 9.47. The summed E-state index contributed by atoms with van der Waals surface area (Å²) in [7, 11) is 0. The van der Waals surface area contributed by atoms with Gasteiger partial charge in [-0.25, -0.2) is 4.79 Å². The zero-order valence-corrected chi connectivity index (χ0v) is 14.1. The van der Waals surface area contributed by atoms with Crippen molar-refractivity contribution in [1.29, 1.82) is 0 Å². The molecule has 24 heavy (non-hydrogen) atoms. The van der Waals surface area contributed by atoms with Crippen LogP contribution in [0.25, 0.3) is 0 Å². The van der Waals surface area contributed by atoms with E-state index in [4.69, 9.17) is 14.2 Å². The first-order valence-corrected chi connectivity index (χ1v) is 7.88. The normalized spacial score (nSPS) is 10.8. The molecule has 2 aromatic carbocycles. The summed E-state index contributed by atoms with van der Waals surface area (Å²) in [6, 6.07) is 16.8. The van der Waals surface area contributed by atoms with Gasteiger partial charge in [0, 0.05) is 11.4 Å². The molecule has 0 spiro atoms. The van der Waals surface area contributed by atoms with Gasteiger partial charge in [0.05, 0.1) is 0 Å². The molecule has 5 heteroatoms. The minimum absolute atomic E-state index is 0.127. The number of benzene rings is 2. The lowest BCUT2D eigenvalue weighted by Crippen LogP contribution is -2.06. The first-order chi connectivity index (χ1) is 11.7. The van der Waals surface area contributed by atoms with E-state index in [2.05, 4.69) is 12.2 Å². The molecule has 0 atom stereocenters. The minimum atomic E-state index is -0.427. The molecule has 0 bridgehead atoms. The van der Waals surface area contributed by atoms with Crippen LogP contribution in [0.15, 0.2) is 66.2 Å². The number of carbonyl (C=O) groups is 1. The quantitative estimate of drug-likeness (QED) is 0.405. The third-order valence-corrected chi connectivity index (χ3v) is 3.06. The van der Waals surface area contributed by atoms with Gasteiger partial charge in [-0.05, 0) is 48.9 Å². The summed E-state index contributed by atoms with van der Waals surface area (Å²) in [6.45, 7) is 2.22. The molecule has 0 aliphatic rings. The van der Waals surface area contributed by atoms with Gasteiger partial charge in [0.15, 0.2) is 0 Å². The first kappa shape index (κ1) is 17.7. The Morgan fingerprint density at radius 3 is 2.29 bits per heavy atom. The Hall–Kier alpha value is -2.66. The fraction of sp³-hybridized carbons (Fsp3) is 0.158. The summed E-state index contributed by atoms with van der Waals surface area (Å²) in [5.74, 6) is 1.77. The van der Waals surface area contributed by atoms with E-state index in [1.165, 1.54) is 11.4 Å². The molecule has 0 aromatic heterocycles. The maximum Gasteiger partial charge on any atom is 0.331 e. The number of para-hydroxylation sites is 1. The Morgan fingerprint density at radius 2 is 1.62 bits per heavy atom. The molecule has 0 heterocycles. The number of hydrogen-bond donors (Lipinski definition) is 0. The largest absolute Gasteiger partial charge is 0.489 e. The van der Waals surface area contributed by atoms with Crippen molar-refractivity contribution in [1.82, 2.24) is 0 Å². The predicted octanol–water partition coefficient (Wildman–Crippen LogP) is 4.35. The number of ether oxygens (including phenoxy) is 3. The molecule has 2 rings (SSSR count). The Balaban J connectivity index is 1.84. The molecule has 0 N–H and O–H groups in total. The van der Waals surface area contributed by atoms with Crippen LogP contribution in [-0.4, -0.2) is 24.6 Å². The molecule has 124 valence electrons. The van der Waals surface area contributed by atoms with Crippen LogP contribution in [-0.2, 0) is 9.53 Å². The van der Waals surface area contributed by atoms with Crippen LogP contribution in [0.4, 0.5) is 0 Å². The molecule has 0 saturated heterocycles. The molecule has 0 saturated carbocycles. The smallest absolute Gasteiger partial charge is 0.331 e. The molecule has 0 radical (unpaired) electrons. The molecule has 0 fully saturated rings. The number of esters is 1. The van der Waals surface area contributed by atoms with E-state index in [0.29, 0.717) is 12.4 Å². The maximum absolute atomic E-state index is 11.4. The second-order valence-electron chi connectivity index (χ2n) is 4.96. The fourth-order valence-corrected chi connectivity index (χ4v) is 1.89. The molecular formula is C19H18O4S. The second-order valence-corrected chi connectivity index (χ2v) is 5.30. The van der Waals surface area contributed by atoms with Crippen molar-refractivity contribution in [3.8, 4) is 17.2 Å². The highest BCUT2D eigenvalue weighted by Gasteiger charge is 2.01. The SMILES string of the molecule is CC(=CC(=O)OCC=S)COc1ccc(Oc2ccccc2)cc1. The van der Waals surface area contributed by atoms with Crippen molar-refractivity contribution in [2.24, 2.45) is 0 Å². The van der Waals surface area contributed by atoms with Crippen LogP contribution >= 0.6 is 12.2 Å². The van der Waals surface area contributed by atoms with E-state index in [1.807, 2.05) is 54.6 Å². The van der Waals surface area contributed by atoms with Crippen molar-refractivity contribution >= 4 is 23.6 Å². The Kier molecular flexibility index (Phi) is 6.98. The van der Waals surface area contributed by atoms with Crippen LogP contribution in [0.1, 0.15) is 6.92 Å². The zero-order valence-electron chi connectivity index (χ0n) is 13.3. The average Bonchev–Trinajstić information content (AvgIpc) is 2.60. The molecule has 0 aliphatic heterocycles. The standard InChI is InChI=1S/C19H18O4S/c1-15(13-19(20)21-11-12-24)14-22-16-7-9-18(10-8-16)23-17-5-3-2-4-6-17/h2-10,12-13H,11,14H2,1H3. The predicted molar refractivity (Wildman–Crippen MR) is 96.8 cm³/mol. The molecule has 4 nitrogen and oxygen atoms in total. The summed E-state index contributed by atoms with van der Waals surface area (Å²) in [6.07, 6.45) is 1.39. The van der Waals surface area contributed by atoms with Crippen molar-refractivity contribution < 1.29 is 19.0 Å². The Labute approximate surface area is 146 Å². The van der Waals surface area contributed by atoms with Crippen LogP contribution in [0.5, 0.6) is 17.2 Å². The summed E-state index contributed by atoms with van der Waals surface area (Å²) in [5, 5.41) is 1.36. The molecule has 0 aliphatic carbocycles. The number of hydrogen-bond acceptors (Lipinski definition) is 5. The highest BCUT2D eigenvalue weighted by Crippen LogP contribution is 2.23. The number of rotatable bonds is 8. The molecule has 2 aromatic rings. The summed E-state index contributed by atoms with van der Waals surface area (Å²) < 4.78 is 16.2. The van der Waals surface area contributed by atoms with Gasteiger partial charge in [-0.2, -0.15) is 0 Å². The highest BCUT2D eigenvalue weighted by molar-refractivity contribution is 7.79.